The van der Waals surface area contributed by atoms with Crippen molar-refractivity contribution in [3.63, 3.8) is 0 Å². The summed E-state index contributed by atoms with van der Waals surface area (Å²) in [6.07, 6.45) is 2.56. The molecule has 0 saturated carbocycles. The molecule has 1 aliphatic rings. The Labute approximate surface area is 401 Å². The molecule has 1 saturated heterocycles. The van der Waals surface area contributed by atoms with E-state index in [1.54, 1.807) is 6.92 Å². The van der Waals surface area contributed by atoms with E-state index >= 15 is 0 Å². The number of hydrogen-bond acceptors (Lipinski definition) is 7. The maximum atomic E-state index is 11.6. The topological polar surface area (TPSA) is 126 Å². The number of nitrogen functional groups attached to an aromatic ring is 2. The maximum Gasteiger partial charge on any atom is 0.221 e. The molecule has 1 fully saturated rings. The van der Waals surface area contributed by atoms with Gasteiger partial charge in [0.25, 0.3) is 0 Å². The summed E-state index contributed by atoms with van der Waals surface area (Å²) in [4.78, 5) is 27.7. The molecule has 2 amide bonds. The lowest BCUT2D eigenvalue weighted by molar-refractivity contribution is -0.115. The van der Waals surface area contributed by atoms with E-state index in [2.05, 4.69) is 124 Å². The number of rotatable bonds is 11. The summed E-state index contributed by atoms with van der Waals surface area (Å²) in [7, 11) is 0. The summed E-state index contributed by atoms with van der Waals surface area (Å²) in [5.74, 6) is -0.131. The largest absolute Gasteiger partial charge is 0.398 e. The second-order valence-electron chi connectivity index (χ2n) is 17.0. The summed E-state index contributed by atoms with van der Waals surface area (Å²) in [5.41, 5.74) is 31.9. The van der Waals surface area contributed by atoms with E-state index in [-0.39, 0.29) is 11.8 Å². The third-order valence-electron chi connectivity index (χ3n) is 12.1. The summed E-state index contributed by atoms with van der Waals surface area (Å²) < 4.78 is 4.94. The van der Waals surface area contributed by atoms with Crippen molar-refractivity contribution in [2.75, 3.05) is 71.3 Å². The van der Waals surface area contributed by atoms with Crippen molar-refractivity contribution in [2.45, 2.75) is 95.9 Å². The molecule has 0 aliphatic carbocycles. The van der Waals surface area contributed by atoms with Gasteiger partial charge < -0.3 is 36.6 Å². The van der Waals surface area contributed by atoms with Gasteiger partial charge >= 0.3 is 0 Å². The van der Waals surface area contributed by atoms with Gasteiger partial charge in [0.2, 0.25) is 11.8 Å². The van der Waals surface area contributed by atoms with Crippen molar-refractivity contribution < 1.29 is 14.3 Å². The SMILES string of the molecule is C1CCOC1.CC(=O)Nc1cccc(C)c1-c1c(C)cccc1N.CCN(CC)c1cccc(C)c1-c1c(C)cccc1N.CCN(CC)c1cccc(C)c1-c1c(C)cccc1NC(C)=O. The van der Waals surface area contributed by atoms with Crippen molar-refractivity contribution in [2.24, 2.45) is 0 Å². The Bertz CT molecular complexity index is 2520. The van der Waals surface area contributed by atoms with Crippen molar-refractivity contribution in [3.05, 3.63) is 143 Å². The van der Waals surface area contributed by atoms with Gasteiger partial charge in [-0.05, 0) is 152 Å². The van der Waals surface area contributed by atoms with E-state index < -0.39 is 0 Å². The highest BCUT2D eigenvalue weighted by atomic mass is 16.5. The van der Waals surface area contributed by atoms with Gasteiger partial charge in [-0.25, -0.2) is 0 Å². The number of carbonyl (C=O) groups is 2. The molecule has 6 aromatic carbocycles. The minimum absolute atomic E-state index is 0.0465. The van der Waals surface area contributed by atoms with Crippen molar-refractivity contribution >= 4 is 45.9 Å². The second-order valence-corrected chi connectivity index (χ2v) is 17.0. The molecular weight excluding hydrogens is 829 g/mol. The number of hydrogen-bond donors (Lipinski definition) is 4. The van der Waals surface area contributed by atoms with Gasteiger partial charge in [0, 0.05) is 121 Å². The maximum absolute atomic E-state index is 11.6. The van der Waals surface area contributed by atoms with E-state index in [0.29, 0.717) is 0 Å². The van der Waals surface area contributed by atoms with E-state index in [1.165, 1.54) is 70.1 Å². The minimum Gasteiger partial charge on any atom is -0.398 e. The predicted octanol–water partition coefficient (Wildman–Crippen LogP) is 13.5. The molecule has 0 unspecified atom stereocenters. The summed E-state index contributed by atoms with van der Waals surface area (Å²) in [6.45, 7) is 30.2. The van der Waals surface area contributed by atoms with E-state index in [0.717, 1.165) is 90.0 Å². The van der Waals surface area contributed by atoms with Crippen molar-refractivity contribution in [1.29, 1.82) is 0 Å². The van der Waals surface area contributed by atoms with Gasteiger partial charge in [0.15, 0.2) is 0 Å². The number of aryl methyl sites for hydroxylation is 6. The molecule has 356 valence electrons. The summed E-state index contributed by atoms with van der Waals surface area (Å²) >= 11 is 0. The number of anilines is 6. The zero-order chi connectivity index (χ0) is 49.2. The third-order valence-corrected chi connectivity index (χ3v) is 12.1. The molecule has 0 spiro atoms. The number of benzene rings is 6. The highest BCUT2D eigenvalue weighted by Crippen LogP contribution is 2.42. The minimum atomic E-state index is -0.0843. The normalized spacial score (nSPS) is 11.5. The smallest absolute Gasteiger partial charge is 0.221 e. The first-order valence-electron chi connectivity index (χ1n) is 23.8. The lowest BCUT2D eigenvalue weighted by Crippen LogP contribution is -2.23. The Hall–Kier alpha value is -6.58. The van der Waals surface area contributed by atoms with Gasteiger partial charge in [-0.1, -0.05) is 72.8 Å². The fraction of sp³-hybridized carbons (Fsp3) is 0.345. The molecule has 1 heterocycles. The summed E-state index contributed by atoms with van der Waals surface area (Å²) in [6, 6.07) is 36.8. The fourth-order valence-corrected chi connectivity index (χ4v) is 8.77. The van der Waals surface area contributed by atoms with Crippen LogP contribution in [0.2, 0.25) is 0 Å². The molecular formula is C58H76N6O3. The quantitative estimate of drug-likeness (QED) is 0.0954. The second kappa shape index (κ2) is 25.9. The molecule has 0 radical (unpaired) electrons. The van der Waals surface area contributed by atoms with Crippen LogP contribution in [0.5, 0.6) is 0 Å². The van der Waals surface area contributed by atoms with Crippen LogP contribution in [0.25, 0.3) is 33.4 Å². The first kappa shape index (κ1) is 53.0. The van der Waals surface area contributed by atoms with Crippen LogP contribution in [0, 0.1) is 41.5 Å². The Kier molecular flexibility index (Phi) is 20.5. The zero-order valence-electron chi connectivity index (χ0n) is 42.3. The van der Waals surface area contributed by atoms with Crippen LogP contribution in [0.4, 0.5) is 34.1 Å². The molecule has 9 nitrogen and oxygen atoms in total. The van der Waals surface area contributed by atoms with Crippen LogP contribution in [0.1, 0.15) is 87.8 Å². The highest BCUT2D eigenvalue weighted by Gasteiger charge is 2.19. The Balaban J connectivity index is 0.000000209. The van der Waals surface area contributed by atoms with Crippen LogP contribution in [0.15, 0.2) is 109 Å². The van der Waals surface area contributed by atoms with E-state index in [9.17, 15) is 9.59 Å². The monoisotopic (exact) mass is 905 g/mol. The van der Waals surface area contributed by atoms with Crippen molar-refractivity contribution in [1.82, 2.24) is 0 Å². The summed E-state index contributed by atoms with van der Waals surface area (Å²) in [5, 5.41) is 5.86. The Morgan fingerprint density at radius 3 is 1.04 bits per heavy atom. The third kappa shape index (κ3) is 14.0. The Morgan fingerprint density at radius 1 is 0.448 bits per heavy atom. The molecule has 0 bridgehead atoms. The van der Waals surface area contributed by atoms with Gasteiger partial charge in [-0.3, -0.25) is 9.59 Å². The van der Waals surface area contributed by atoms with Crippen LogP contribution in [-0.2, 0) is 14.3 Å². The number of ether oxygens (including phenoxy) is 1. The van der Waals surface area contributed by atoms with Crippen molar-refractivity contribution in [3.8, 4) is 33.4 Å². The van der Waals surface area contributed by atoms with Crippen LogP contribution in [0.3, 0.4) is 0 Å². The molecule has 1 aliphatic heterocycles. The van der Waals surface area contributed by atoms with Crippen LogP contribution in [-0.4, -0.2) is 51.2 Å². The van der Waals surface area contributed by atoms with E-state index in [4.69, 9.17) is 16.2 Å². The number of nitrogens with one attached hydrogen (secondary N) is 2. The number of nitrogens with two attached hydrogens (primary N) is 2. The number of carbonyl (C=O) groups excluding carboxylic acids is 2. The number of amides is 2. The molecule has 0 atom stereocenters. The average molecular weight is 905 g/mol. The molecule has 67 heavy (non-hydrogen) atoms. The number of nitrogens with zero attached hydrogens (tertiary/aromatic N) is 2. The first-order valence-corrected chi connectivity index (χ1v) is 23.8. The van der Waals surface area contributed by atoms with Gasteiger partial charge in [0.1, 0.15) is 0 Å². The van der Waals surface area contributed by atoms with Crippen LogP contribution < -0.4 is 31.9 Å². The molecule has 0 aromatic heterocycles. The molecule has 9 heteroatoms. The van der Waals surface area contributed by atoms with E-state index in [1.807, 2.05) is 74.5 Å². The zero-order valence-corrected chi connectivity index (χ0v) is 42.3. The lowest BCUT2D eigenvalue weighted by atomic mass is 9.92. The Morgan fingerprint density at radius 2 is 0.731 bits per heavy atom. The van der Waals surface area contributed by atoms with Crippen LogP contribution >= 0.6 is 0 Å². The standard InChI is InChI=1S/C20H26N2O.C18H24N2.C16H18N2O.C4H8O/c1-6-22(7-2)18-13-9-11-15(4)20(18)19-14(3)10-8-12-17(19)21-16(5)23;1-5-20(6-2)16-12-8-10-14(4)18(16)17-13(3)9-7-11-15(17)19;1-10-6-4-8-13(17)15(10)16-11(2)7-5-9-14(16)18-12(3)19;1-2-4-5-3-1/h8-13H,6-7H2,1-5H3,(H,21,23);7-12H,5-6,19H2,1-4H3;4-9H,17H2,1-3H3,(H,18,19);1-4H2. The molecule has 6 N–H and O–H groups in total. The first-order chi connectivity index (χ1) is 32.1. The van der Waals surface area contributed by atoms with Gasteiger partial charge in [-0.2, -0.15) is 0 Å². The molecule has 6 aromatic rings. The lowest BCUT2D eigenvalue weighted by Gasteiger charge is -2.27. The highest BCUT2D eigenvalue weighted by molar-refractivity contribution is 5.99. The molecule has 7 rings (SSSR count). The predicted molar refractivity (Wildman–Crippen MR) is 289 cm³/mol. The fourth-order valence-electron chi connectivity index (χ4n) is 8.77. The average Bonchev–Trinajstić information content (AvgIpc) is 3.88. The van der Waals surface area contributed by atoms with Gasteiger partial charge in [-0.15, -0.1) is 0 Å². The van der Waals surface area contributed by atoms with Gasteiger partial charge in [0.05, 0.1) is 0 Å².